The molecule has 0 saturated carbocycles. The van der Waals surface area contributed by atoms with E-state index in [1.54, 1.807) is 37.4 Å². The molecule has 4 rings (SSSR count). The third kappa shape index (κ3) is 6.83. The minimum absolute atomic E-state index is 0.000901. The number of ketones is 1. The van der Waals surface area contributed by atoms with Gasteiger partial charge in [0.15, 0.2) is 11.5 Å². The monoisotopic (exact) mass is 589 g/mol. The molecule has 1 saturated heterocycles. The minimum atomic E-state index is -3.95. The van der Waals surface area contributed by atoms with Gasteiger partial charge in [-0.2, -0.15) is 4.31 Å². The van der Waals surface area contributed by atoms with Gasteiger partial charge in [-0.25, -0.2) is 8.42 Å². The molecule has 2 N–H and O–H groups in total. The van der Waals surface area contributed by atoms with E-state index in [9.17, 15) is 22.8 Å². The number of hydrogen-bond acceptors (Lipinski definition) is 7. The average Bonchev–Trinajstić information content (AvgIpc) is 3.25. The molecule has 2 amide bonds. The maximum absolute atomic E-state index is 13.3. The molecule has 0 radical (unpaired) electrons. The van der Waals surface area contributed by atoms with Crippen molar-refractivity contribution in [2.75, 3.05) is 20.2 Å². The van der Waals surface area contributed by atoms with Gasteiger partial charge in [0.05, 0.1) is 24.6 Å². The Bertz CT molecular complexity index is 1520. The molecule has 0 spiro atoms. The summed E-state index contributed by atoms with van der Waals surface area (Å²) in [6, 6.07) is 10.7. The van der Waals surface area contributed by atoms with E-state index in [2.05, 4.69) is 10.6 Å². The highest BCUT2D eigenvalue weighted by atomic mass is 35.5. The molecule has 3 aromatic rings. The number of benzene rings is 2. The first-order valence-electron chi connectivity index (χ1n) is 12.9. The van der Waals surface area contributed by atoms with Crippen LogP contribution in [0.3, 0.4) is 0 Å². The molecule has 214 valence electrons. The summed E-state index contributed by atoms with van der Waals surface area (Å²) in [4.78, 5) is 39.4. The number of furan rings is 1. The first-order valence-corrected chi connectivity index (χ1v) is 14.8. The van der Waals surface area contributed by atoms with Crippen LogP contribution >= 0.6 is 11.6 Å². The molecule has 40 heavy (non-hydrogen) atoms. The molecule has 1 unspecified atom stereocenters. The van der Waals surface area contributed by atoms with Crippen molar-refractivity contribution in [3.63, 3.8) is 0 Å². The summed E-state index contributed by atoms with van der Waals surface area (Å²) in [5.41, 5.74) is 0.497. The summed E-state index contributed by atoms with van der Waals surface area (Å²) >= 11 is 5.97. The average molecular weight is 590 g/mol. The van der Waals surface area contributed by atoms with Gasteiger partial charge in [-0.3, -0.25) is 14.4 Å². The molecule has 2 atom stereocenters. The van der Waals surface area contributed by atoms with Crippen LogP contribution in [0.25, 0.3) is 11.0 Å². The van der Waals surface area contributed by atoms with Crippen molar-refractivity contribution in [2.45, 2.75) is 50.1 Å². The smallest absolute Gasteiger partial charge is 0.287 e. The quantitative estimate of drug-likeness (QED) is 0.388. The molecule has 1 fully saturated rings. The fourth-order valence-electron chi connectivity index (χ4n) is 4.60. The molecule has 1 aliphatic heterocycles. The standard InChI is InChI=1S/C28H32ClN3O7S/c1-17(2)12-23(31-28(35)26-14-18-13-20(38-3)9-10-25(18)39-26)27(34)30-22-8-5-11-32(16-24(22)33)40(36,37)21-7-4-6-19(29)15-21/h4,6-7,9-10,13-15,17,22-23H,5,8,11-12,16H2,1-3H3,(H,30,34)(H,31,35)/t22?,23-/m0/s1. The van der Waals surface area contributed by atoms with E-state index in [1.165, 1.54) is 18.2 Å². The second-order valence-electron chi connectivity index (χ2n) is 10.1. The predicted octanol–water partition coefficient (Wildman–Crippen LogP) is 3.78. The largest absolute Gasteiger partial charge is 0.497 e. The third-order valence-corrected chi connectivity index (χ3v) is 8.72. The number of hydrogen-bond donors (Lipinski definition) is 2. The van der Waals surface area contributed by atoms with Crippen molar-refractivity contribution in [2.24, 2.45) is 5.92 Å². The second kappa shape index (κ2) is 12.4. The van der Waals surface area contributed by atoms with Crippen molar-refractivity contribution in [3.05, 3.63) is 59.3 Å². The number of rotatable bonds is 9. The summed E-state index contributed by atoms with van der Waals surface area (Å²) < 4.78 is 38.2. The molecule has 12 heteroatoms. The van der Waals surface area contributed by atoms with Gasteiger partial charge in [-0.1, -0.05) is 31.5 Å². The van der Waals surface area contributed by atoms with Crippen LogP contribution in [0, 0.1) is 5.92 Å². The lowest BCUT2D eigenvalue weighted by atomic mass is 10.0. The minimum Gasteiger partial charge on any atom is -0.497 e. The molecule has 2 aromatic carbocycles. The van der Waals surface area contributed by atoms with Gasteiger partial charge in [-0.05, 0) is 67.6 Å². The SMILES string of the molecule is COc1ccc2oc(C(=O)N[C@@H](CC(C)C)C(=O)NC3CCCN(S(=O)(=O)c4cccc(Cl)c4)CC3=O)cc2c1. The highest BCUT2D eigenvalue weighted by Crippen LogP contribution is 2.25. The van der Waals surface area contributed by atoms with Crippen LogP contribution in [0.2, 0.25) is 5.02 Å². The van der Waals surface area contributed by atoms with Crippen molar-refractivity contribution >= 4 is 50.2 Å². The number of Topliss-reactive ketones (excluding diaryl/α,β-unsaturated/α-hetero) is 1. The van der Waals surface area contributed by atoms with Gasteiger partial charge in [0, 0.05) is 17.0 Å². The highest BCUT2D eigenvalue weighted by Gasteiger charge is 2.34. The zero-order valence-electron chi connectivity index (χ0n) is 22.5. The number of nitrogens with one attached hydrogen (secondary N) is 2. The van der Waals surface area contributed by atoms with E-state index in [0.29, 0.717) is 29.6 Å². The van der Waals surface area contributed by atoms with E-state index in [1.807, 2.05) is 13.8 Å². The lowest BCUT2D eigenvalue weighted by Gasteiger charge is -2.23. The van der Waals surface area contributed by atoms with Crippen LogP contribution in [0.5, 0.6) is 5.75 Å². The Balaban J connectivity index is 1.45. The Morgan fingerprint density at radius 1 is 1.18 bits per heavy atom. The number of ether oxygens (including phenoxy) is 1. The number of nitrogens with zero attached hydrogens (tertiary/aromatic N) is 1. The van der Waals surface area contributed by atoms with E-state index < -0.39 is 39.7 Å². The summed E-state index contributed by atoms with van der Waals surface area (Å²) in [6.07, 6.45) is 0.946. The fraction of sp³-hybridized carbons (Fsp3) is 0.393. The first-order chi connectivity index (χ1) is 19.0. The number of halogens is 1. The fourth-order valence-corrected chi connectivity index (χ4v) is 6.34. The van der Waals surface area contributed by atoms with Gasteiger partial charge in [0.2, 0.25) is 15.9 Å². The number of carbonyl (C=O) groups excluding carboxylic acids is 3. The number of fused-ring (bicyclic) bond motifs is 1. The summed E-state index contributed by atoms with van der Waals surface area (Å²) in [6.45, 7) is 3.56. The molecular formula is C28H32ClN3O7S. The number of amides is 2. The van der Waals surface area contributed by atoms with Crippen LogP contribution in [-0.2, 0) is 19.6 Å². The Kier molecular flexibility index (Phi) is 9.17. The molecule has 1 aliphatic rings. The van der Waals surface area contributed by atoms with Crippen molar-refractivity contribution in [1.29, 1.82) is 0 Å². The van der Waals surface area contributed by atoms with Crippen LogP contribution in [0.15, 0.2) is 57.8 Å². The van der Waals surface area contributed by atoms with E-state index >= 15 is 0 Å². The van der Waals surface area contributed by atoms with E-state index in [-0.39, 0.29) is 41.1 Å². The van der Waals surface area contributed by atoms with Crippen molar-refractivity contribution < 1.29 is 32.0 Å². The van der Waals surface area contributed by atoms with Crippen molar-refractivity contribution in [3.8, 4) is 5.75 Å². The molecular weight excluding hydrogens is 558 g/mol. The number of methoxy groups -OCH3 is 1. The van der Waals surface area contributed by atoms with Gasteiger partial charge < -0.3 is 19.8 Å². The van der Waals surface area contributed by atoms with Gasteiger partial charge in [0.25, 0.3) is 5.91 Å². The maximum Gasteiger partial charge on any atom is 0.287 e. The second-order valence-corrected chi connectivity index (χ2v) is 12.5. The maximum atomic E-state index is 13.3. The van der Waals surface area contributed by atoms with Crippen LogP contribution in [0.1, 0.15) is 43.7 Å². The summed E-state index contributed by atoms with van der Waals surface area (Å²) in [7, 11) is -2.41. The Morgan fingerprint density at radius 3 is 2.65 bits per heavy atom. The number of carbonyl (C=O) groups is 3. The van der Waals surface area contributed by atoms with Crippen LogP contribution < -0.4 is 15.4 Å². The lowest BCUT2D eigenvalue weighted by Crippen LogP contribution is -2.52. The number of sulfonamides is 1. The Hall–Kier alpha value is -3.41. The normalized spacial score (nSPS) is 17.4. The first kappa shape index (κ1) is 29.6. The predicted molar refractivity (Wildman–Crippen MR) is 150 cm³/mol. The Labute approximate surface area is 238 Å². The van der Waals surface area contributed by atoms with Crippen LogP contribution in [-0.4, -0.2) is 62.6 Å². The third-order valence-electron chi connectivity index (χ3n) is 6.65. The van der Waals surface area contributed by atoms with Crippen molar-refractivity contribution in [1.82, 2.24) is 14.9 Å². The molecule has 2 heterocycles. The topological polar surface area (TPSA) is 135 Å². The van der Waals surface area contributed by atoms with E-state index in [4.69, 9.17) is 20.8 Å². The molecule has 1 aromatic heterocycles. The summed E-state index contributed by atoms with van der Waals surface area (Å²) in [5, 5.41) is 6.42. The van der Waals surface area contributed by atoms with Crippen LogP contribution in [0.4, 0.5) is 0 Å². The molecule has 0 bridgehead atoms. The Morgan fingerprint density at radius 2 is 1.95 bits per heavy atom. The van der Waals surface area contributed by atoms with Gasteiger partial charge in [0.1, 0.15) is 17.4 Å². The zero-order valence-corrected chi connectivity index (χ0v) is 24.0. The lowest BCUT2D eigenvalue weighted by molar-refractivity contribution is -0.129. The molecule has 0 aliphatic carbocycles. The van der Waals surface area contributed by atoms with Gasteiger partial charge in [-0.15, -0.1) is 0 Å². The zero-order chi connectivity index (χ0) is 29.0. The summed E-state index contributed by atoms with van der Waals surface area (Å²) in [5.74, 6) is -0.815. The van der Waals surface area contributed by atoms with Gasteiger partial charge >= 0.3 is 0 Å². The van der Waals surface area contributed by atoms with E-state index in [0.717, 1.165) is 4.31 Å². The molecule has 10 nitrogen and oxygen atoms in total. The highest BCUT2D eigenvalue weighted by molar-refractivity contribution is 7.89.